The zero-order valence-corrected chi connectivity index (χ0v) is 12.3. The lowest BCUT2D eigenvalue weighted by Crippen LogP contribution is -2.41. The fourth-order valence-electron chi connectivity index (χ4n) is 2.81. The van der Waals surface area contributed by atoms with Crippen LogP contribution in [-0.2, 0) is 0 Å². The molecule has 1 fully saturated rings. The third-order valence-electron chi connectivity index (χ3n) is 3.72. The molecular weight excluding hydrogens is 232 g/mol. The number of carbonyl (C=O) groups is 1. The van der Waals surface area contributed by atoms with Crippen molar-refractivity contribution in [3.8, 4) is 0 Å². The molecule has 1 aliphatic heterocycles. The highest BCUT2D eigenvalue weighted by atomic mass is 32.1. The molecule has 0 aromatic carbocycles. The smallest absolute Gasteiger partial charge is 0.319 e. The number of hydrogen-bond donors (Lipinski definition) is 1. The summed E-state index contributed by atoms with van der Waals surface area (Å²) in [6.45, 7) is 7.04. The Labute approximate surface area is 111 Å². The van der Waals surface area contributed by atoms with E-state index in [1.807, 2.05) is 11.9 Å². The fraction of sp³-hybridized carbons (Fsp3) is 0.923. The molecule has 1 aliphatic rings. The molecule has 0 aliphatic carbocycles. The first kappa shape index (κ1) is 14.7. The largest absolute Gasteiger partial charge is 0.326 e. The number of urea groups is 1. The molecule has 100 valence electrons. The van der Waals surface area contributed by atoms with Crippen LogP contribution in [0.4, 0.5) is 4.79 Å². The minimum absolute atomic E-state index is 0.184. The Balaban J connectivity index is 2.68. The molecule has 2 amide bonds. The molecule has 1 rings (SSSR count). The number of likely N-dealkylation sites (N-methyl/N-ethyl adjacent to an activating group) is 1. The number of thiol groups is 1. The summed E-state index contributed by atoms with van der Waals surface area (Å²) in [6, 6.07) is 0.184. The van der Waals surface area contributed by atoms with Crippen LogP contribution < -0.4 is 0 Å². The summed E-state index contributed by atoms with van der Waals surface area (Å²) >= 11 is 4.54. The number of hydrogen-bond acceptors (Lipinski definition) is 2. The maximum absolute atomic E-state index is 11.9. The maximum Gasteiger partial charge on any atom is 0.319 e. The van der Waals surface area contributed by atoms with Crippen molar-refractivity contribution in [3.63, 3.8) is 0 Å². The van der Waals surface area contributed by atoms with Crippen LogP contribution >= 0.6 is 12.6 Å². The molecule has 0 aromatic heterocycles. The lowest BCUT2D eigenvalue weighted by Gasteiger charge is -2.35. The lowest BCUT2D eigenvalue weighted by atomic mass is 9.80. The third kappa shape index (κ3) is 3.54. The van der Waals surface area contributed by atoms with Crippen molar-refractivity contribution >= 4 is 18.7 Å². The van der Waals surface area contributed by atoms with Gasteiger partial charge in [0.25, 0.3) is 0 Å². The quantitative estimate of drug-likeness (QED) is 0.697. The molecule has 0 aromatic rings. The second kappa shape index (κ2) is 6.53. The van der Waals surface area contributed by atoms with Gasteiger partial charge in [0.2, 0.25) is 0 Å². The summed E-state index contributed by atoms with van der Waals surface area (Å²) in [5, 5.41) is 0. The first-order valence-corrected chi connectivity index (χ1v) is 7.32. The van der Waals surface area contributed by atoms with Gasteiger partial charge in [-0.1, -0.05) is 26.7 Å². The van der Waals surface area contributed by atoms with Gasteiger partial charge in [0.15, 0.2) is 0 Å². The van der Waals surface area contributed by atoms with Gasteiger partial charge in [0, 0.05) is 26.7 Å². The van der Waals surface area contributed by atoms with Crippen LogP contribution in [0.25, 0.3) is 0 Å². The third-order valence-corrected chi connectivity index (χ3v) is 4.40. The van der Waals surface area contributed by atoms with E-state index in [9.17, 15) is 4.79 Å². The topological polar surface area (TPSA) is 23.6 Å². The van der Waals surface area contributed by atoms with E-state index in [1.54, 1.807) is 4.90 Å². The molecule has 0 spiro atoms. The van der Waals surface area contributed by atoms with E-state index in [2.05, 4.69) is 26.5 Å². The average Bonchev–Trinajstić information content (AvgIpc) is 2.61. The maximum atomic E-state index is 11.9. The summed E-state index contributed by atoms with van der Waals surface area (Å²) in [5.41, 5.74) is 0.216. The number of amides is 2. The van der Waals surface area contributed by atoms with Crippen molar-refractivity contribution < 1.29 is 4.79 Å². The van der Waals surface area contributed by atoms with Crippen LogP contribution in [0, 0.1) is 5.41 Å². The van der Waals surface area contributed by atoms with Gasteiger partial charge in [-0.05, 0) is 24.0 Å². The number of rotatable bonds is 7. The van der Waals surface area contributed by atoms with Crippen molar-refractivity contribution in [2.75, 3.05) is 32.4 Å². The second-order valence-corrected chi connectivity index (χ2v) is 5.60. The van der Waals surface area contributed by atoms with Crippen LogP contribution in [-0.4, -0.2) is 48.3 Å². The second-order valence-electron chi connectivity index (χ2n) is 5.28. The van der Waals surface area contributed by atoms with Crippen LogP contribution in [0.5, 0.6) is 0 Å². The first-order valence-electron chi connectivity index (χ1n) is 6.69. The lowest BCUT2D eigenvalue weighted by molar-refractivity contribution is 0.159. The standard InChI is InChI=1S/C13H26N2OS/c1-4-6-13(11-17,7-5-2)10-15-9-8-14(3)12(15)16/h17H,4-11H2,1-3H3. The molecule has 0 unspecified atom stereocenters. The van der Waals surface area contributed by atoms with Gasteiger partial charge < -0.3 is 9.80 Å². The van der Waals surface area contributed by atoms with Crippen LogP contribution in [0.1, 0.15) is 39.5 Å². The molecule has 0 N–H and O–H groups in total. The summed E-state index contributed by atoms with van der Waals surface area (Å²) in [6.07, 6.45) is 4.66. The van der Waals surface area contributed by atoms with Crippen LogP contribution in [0.15, 0.2) is 0 Å². The predicted octanol–water partition coefficient (Wildman–Crippen LogP) is 2.87. The van der Waals surface area contributed by atoms with Gasteiger partial charge in [0.05, 0.1) is 0 Å². The normalized spacial score (nSPS) is 17.1. The van der Waals surface area contributed by atoms with E-state index in [-0.39, 0.29) is 11.4 Å². The molecule has 1 saturated heterocycles. The Morgan fingerprint density at radius 3 is 2.18 bits per heavy atom. The molecule has 1 heterocycles. The van der Waals surface area contributed by atoms with Gasteiger partial charge in [-0.15, -0.1) is 0 Å². The number of carbonyl (C=O) groups excluding carboxylic acids is 1. The van der Waals surface area contributed by atoms with Crippen molar-refractivity contribution in [2.24, 2.45) is 5.41 Å². The van der Waals surface area contributed by atoms with E-state index in [0.29, 0.717) is 0 Å². The van der Waals surface area contributed by atoms with E-state index in [1.165, 1.54) is 12.8 Å². The molecular formula is C13H26N2OS. The van der Waals surface area contributed by atoms with E-state index in [4.69, 9.17) is 0 Å². The van der Waals surface area contributed by atoms with Gasteiger partial charge in [-0.3, -0.25) is 0 Å². The highest BCUT2D eigenvalue weighted by molar-refractivity contribution is 7.80. The summed E-state index contributed by atoms with van der Waals surface area (Å²) < 4.78 is 0. The zero-order valence-electron chi connectivity index (χ0n) is 11.4. The molecule has 4 heteroatoms. The Morgan fingerprint density at radius 2 is 1.82 bits per heavy atom. The molecule has 0 atom stereocenters. The molecule has 3 nitrogen and oxygen atoms in total. The molecule has 0 saturated carbocycles. The van der Waals surface area contributed by atoms with Gasteiger partial charge >= 0.3 is 6.03 Å². The van der Waals surface area contributed by atoms with E-state index < -0.39 is 0 Å². The highest BCUT2D eigenvalue weighted by Crippen LogP contribution is 2.33. The van der Waals surface area contributed by atoms with Crippen molar-refractivity contribution in [3.05, 3.63) is 0 Å². The Hall–Kier alpha value is -0.380. The van der Waals surface area contributed by atoms with E-state index in [0.717, 1.165) is 38.2 Å². The monoisotopic (exact) mass is 258 g/mol. The summed E-state index contributed by atoms with van der Waals surface area (Å²) in [4.78, 5) is 15.7. The SMILES string of the molecule is CCCC(CS)(CCC)CN1CCN(C)C1=O. The number of nitrogens with zero attached hydrogens (tertiary/aromatic N) is 2. The van der Waals surface area contributed by atoms with Crippen molar-refractivity contribution in [1.29, 1.82) is 0 Å². The molecule has 0 radical (unpaired) electrons. The van der Waals surface area contributed by atoms with Gasteiger partial charge in [0.1, 0.15) is 0 Å². The van der Waals surface area contributed by atoms with E-state index >= 15 is 0 Å². The fourth-order valence-corrected chi connectivity index (χ4v) is 3.22. The van der Waals surface area contributed by atoms with Crippen LogP contribution in [0.2, 0.25) is 0 Å². The Kier molecular flexibility index (Phi) is 5.63. The highest BCUT2D eigenvalue weighted by Gasteiger charge is 2.34. The zero-order chi connectivity index (χ0) is 12.9. The Bertz CT molecular complexity index is 252. The summed E-state index contributed by atoms with van der Waals surface area (Å²) in [5.74, 6) is 0.877. The first-order chi connectivity index (χ1) is 8.08. The van der Waals surface area contributed by atoms with Crippen LogP contribution in [0.3, 0.4) is 0 Å². The minimum atomic E-state index is 0.184. The molecule has 0 bridgehead atoms. The Morgan fingerprint density at radius 1 is 1.24 bits per heavy atom. The average molecular weight is 258 g/mol. The van der Waals surface area contributed by atoms with Gasteiger partial charge in [-0.25, -0.2) is 4.79 Å². The van der Waals surface area contributed by atoms with Crippen molar-refractivity contribution in [1.82, 2.24) is 9.80 Å². The summed E-state index contributed by atoms with van der Waals surface area (Å²) in [7, 11) is 1.88. The molecule has 17 heavy (non-hydrogen) atoms. The minimum Gasteiger partial charge on any atom is -0.326 e. The van der Waals surface area contributed by atoms with Crippen molar-refractivity contribution in [2.45, 2.75) is 39.5 Å². The van der Waals surface area contributed by atoms with Gasteiger partial charge in [-0.2, -0.15) is 12.6 Å². The predicted molar refractivity (Wildman–Crippen MR) is 75.7 cm³/mol.